The molecule has 1 amide bonds. The van der Waals surface area contributed by atoms with E-state index in [0.29, 0.717) is 12.8 Å². The second-order valence-electron chi connectivity index (χ2n) is 11.0. The minimum absolute atomic E-state index is 0.0613. The molecule has 1 aliphatic heterocycles. The van der Waals surface area contributed by atoms with Crippen LogP contribution in [0.3, 0.4) is 0 Å². The molecule has 0 unspecified atom stereocenters. The Morgan fingerprint density at radius 2 is 1.73 bits per heavy atom. The summed E-state index contributed by atoms with van der Waals surface area (Å²) >= 11 is 0. The molecule has 0 spiro atoms. The molecular formula is C30H32FNO4S. The summed E-state index contributed by atoms with van der Waals surface area (Å²) in [4.78, 5) is 14.8. The summed E-state index contributed by atoms with van der Waals surface area (Å²) in [5, 5.41) is 0. The number of amides is 1. The molecule has 1 aliphatic carbocycles. The molecule has 0 bridgehead atoms. The van der Waals surface area contributed by atoms with E-state index in [1.807, 2.05) is 30.3 Å². The Balaban J connectivity index is 1.61. The number of halogens is 1. The number of hydrogen-bond donors (Lipinski definition) is 0. The first-order chi connectivity index (χ1) is 17.5. The van der Waals surface area contributed by atoms with Crippen molar-refractivity contribution < 1.29 is 22.3 Å². The van der Waals surface area contributed by atoms with Crippen molar-refractivity contribution in [2.24, 2.45) is 0 Å². The summed E-state index contributed by atoms with van der Waals surface area (Å²) in [6.07, 6.45) is 1.66. The van der Waals surface area contributed by atoms with Crippen LogP contribution in [-0.4, -0.2) is 37.6 Å². The van der Waals surface area contributed by atoms with Gasteiger partial charge in [0.15, 0.2) is 9.84 Å². The highest BCUT2D eigenvalue weighted by Gasteiger charge is 2.61. The molecule has 3 aromatic carbocycles. The molecule has 5 rings (SSSR count). The number of carbonyl (C=O) groups excluding carboxylic acids is 1. The van der Waals surface area contributed by atoms with Crippen molar-refractivity contribution in [1.29, 1.82) is 0 Å². The summed E-state index contributed by atoms with van der Waals surface area (Å²) in [6, 6.07) is 20.6. The monoisotopic (exact) mass is 521 g/mol. The zero-order valence-electron chi connectivity index (χ0n) is 21.4. The van der Waals surface area contributed by atoms with Crippen molar-refractivity contribution in [1.82, 2.24) is 4.90 Å². The highest BCUT2D eigenvalue weighted by atomic mass is 32.2. The lowest BCUT2D eigenvalue weighted by atomic mass is 9.78. The Bertz CT molecular complexity index is 1410. The Hall–Kier alpha value is -3.19. The summed E-state index contributed by atoms with van der Waals surface area (Å²) in [7, 11) is -3.99. The Morgan fingerprint density at radius 3 is 2.41 bits per heavy atom. The van der Waals surface area contributed by atoms with Crippen molar-refractivity contribution in [3.63, 3.8) is 0 Å². The zero-order valence-corrected chi connectivity index (χ0v) is 22.2. The quantitative estimate of drug-likeness (QED) is 0.393. The topological polar surface area (TPSA) is 63.7 Å². The van der Waals surface area contributed by atoms with Gasteiger partial charge in [0.2, 0.25) is 0 Å². The second-order valence-corrected chi connectivity index (χ2v) is 13.2. The highest BCUT2D eigenvalue weighted by molar-refractivity contribution is 7.92. The van der Waals surface area contributed by atoms with Crippen molar-refractivity contribution in [2.75, 3.05) is 6.54 Å². The number of nitrogens with zero attached hydrogens (tertiary/aromatic N) is 1. The van der Waals surface area contributed by atoms with Crippen LogP contribution in [0.2, 0.25) is 0 Å². The van der Waals surface area contributed by atoms with E-state index < -0.39 is 38.1 Å². The van der Waals surface area contributed by atoms with Crippen LogP contribution in [0.5, 0.6) is 0 Å². The predicted molar refractivity (Wildman–Crippen MR) is 141 cm³/mol. The van der Waals surface area contributed by atoms with Gasteiger partial charge in [-0.3, -0.25) is 0 Å². The fourth-order valence-electron chi connectivity index (χ4n) is 5.89. The van der Waals surface area contributed by atoms with E-state index >= 15 is 0 Å². The van der Waals surface area contributed by atoms with Crippen molar-refractivity contribution >= 4 is 15.9 Å². The third-order valence-electron chi connectivity index (χ3n) is 7.43. The molecule has 0 radical (unpaired) electrons. The van der Waals surface area contributed by atoms with Crippen molar-refractivity contribution in [3.8, 4) is 0 Å². The van der Waals surface area contributed by atoms with E-state index in [1.54, 1.807) is 25.7 Å². The van der Waals surface area contributed by atoms with Gasteiger partial charge in [-0.25, -0.2) is 17.6 Å². The number of rotatable bonds is 4. The van der Waals surface area contributed by atoms with E-state index in [4.69, 9.17) is 4.74 Å². The molecular weight excluding hydrogens is 489 g/mol. The lowest BCUT2D eigenvalue weighted by molar-refractivity contribution is 0.0202. The van der Waals surface area contributed by atoms with E-state index in [1.165, 1.54) is 29.8 Å². The first kappa shape index (κ1) is 25.5. The van der Waals surface area contributed by atoms with Gasteiger partial charge >= 0.3 is 6.09 Å². The lowest BCUT2D eigenvalue weighted by Gasteiger charge is -2.42. The Morgan fingerprint density at radius 1 is 1.03 bits per heavy atom. The first-order valence-corrected chi connectivity index (χ1v) is 14.2. The number of fused-ring (bicyclic) bond motifs is 3. The third kappa shape index (κ3) is 4.54. The maximum absolute atomic E-state index is 14.4. The fourth-order valence-corrected chi connectivity index (χ4v) is 8.25. The number of aryl methyl sites for hydroxylation is 1. The van der Waals surface area contributed by atoms with Crippen molar-refractivity contribution in [3.05, 3.63) is 101 Å². The smallest absolute Gasteiger partial charge is 0.410 e. The van der Waals surface area contributed by atoms with Gasteiger partial charge in [-0.05, 0) is 93.0 Å². The predicted octanol–water partition coefficient (Wildman–Crippen LogP) is 6.04. The van der Waals surface area contributed by atoms with Crippen LogP contribution in [0.4, 0.5) is 9.18 Å². The van der Waals surface area contributed by atoms with E-state index in [0.717, 1.165) is 23.1 Å². The van der Waals surface area contributed by atoms with Crippen LogP contribution in [0.25, 0.3) is 0 Å². The first-order valence-electron chi connectivity index (χ1n) is 12.7. The minimum Gasteiger partial charge on any atom is -0.444 e. The van der Waals surface area contributed by atoms with Crippen LogP contribution in [0, 0.1) is 5.82 Å². The number of benzene rings is 3. The molecule has 194 valence electrons. The molecule has 3 aromatic rings. The number of carbonyl (C=O) groups is 1. The second kappa shape index (κ2) is 9.28. The largest absolute Gasteiger partial charge is 0.444 e. The number of sulfone groups is 1. The normalized spacial score (nSPS) is 21.3. The molecule has 1 saturated heterocycles. The minimum atomic E-state index is -3.99. The molecule has 2 atom stereocenters. The summed E-state index contributed by atoms with van der Waals surface area (Å²) in [5.74, 6) is -0.496. The molecule has 2 aliphatic rings. The summed E-state index contributed by atoms with van der Waals surface area (Å²) < 4.78 is 46.8. The SMILES string of the molecule is CC(C)(C)OC(=O)N1CC[C@@]2(S(=O)(=O)c3ccc(F)cc3)c3ccc(Cc4ccccc4)cc3CC[C@@H]12. The number of ether oxygens (including phenoxy) is 1. The van der Waals surface area contributed by atoms with Gasteiger partial charge in [-0.1, -0.05) is 48.5 Å². The molecule has 0 N–H and O–H groups in total. The number of hydrogen-bond acceptors (Lipinski definition) is 4. The molecule has 1 fully saturated rings. The molecule has 0 aromatic heterocycles. The van der Waals surface area contributed by atoms with Gasteiger partial charge in [-0.15, -0.1) is 0 Å². The Kier molecular flexibility index (Phi) is 6.39. The lowest BCUT2D eigenvalue weighted by Crippen LogP contribution is -2.52. The number of likely N-dealkylation sites (tertiary alicyclic amines) is 1. The average molecular weight is 522 g/mol. The molecule has 1 heterocycles. The molecule has 5 nitrogen and oxygen atoms in total. The Labute approximate surface area is 218 Å². The average Bonchev–Trinajstić information content (AvgIpc) is 3.26. The van der Waals surface area contributed by atoms with E-state index in [2.05, 4.69) is 18.2 Å². The molecule has 37 heavy (non-hydrogen) atoms. The van der Waals surface area contributed by atoms with Crippen LogP contribution < -0.4 is 0 Å². The maximum atomic E-state index is 14.4. The van der Waals surface area contributed by atoms with Gasteiger partial charge in [-0.2, -0.15) is 0 Å². The van der Waals surface area contributed by atoms with Gasteiger partial charge in [0, 0.05) is 6.54 Å². The van der Waals surface area contributed by atoms with Crippen LogP contribution >= 0.6 is 0 Å². The zero-order chi connectivity index (χ0) is 26.4. The highest BCUT2D eigenvalue weighted by Crippen LogP contribution is 2.53. The van der Waals surface area contributed by atoms with Gasteiger partial charge in [0.25, 0.3) is 0 Å². The van der Waals surface area contributed by atoms with Gasteiger partial charge in [0.05, 0.1) is 10.9 Å². The van der Waals surface area contributed by atoms with Gasteiger partial charge < -0.3 is 9.64 Å². The molecule has 0 saturated carbocycles. The van der Waals surface area contributed by atoms with Crippen molar-refractivity contribution in [2.45, 2.75) is 67.7 Å². The summed E-state index contributed by atoms with van der Waals surface area (Å²) in [5.41, 5.74) is 3.32. The summed E-state index contributed by atoms with van der Waals surface area (Å²) in [6.45, 7) is 5.67. The van der Waals surface area contributed by atoms with Crippen LogP contribution in [0.1, 0.15) is 55.9 Å². The van der Waals surface area contributed by atoms with Gasteiger partial charge in [0.1, 0.15) is 16.2 Å². The van der Waals surface area contributed by atoms with Crippen LogP contribution in [-0.2, 0) is 32.2 Å². The third-order valence-corrected chi connectivity index (χ3v) is 9.98. The van der Waals surface area contributed by atoms with Crippen LogP contribution in [0.15, 0.2) is 77.7 Å². The van der Waals surface area contributed by atoms with E-state index in [-0.39, 0.29) is 17.9 Å². The standard InChI is InChI=1S/C30H32FNO4S/c1-29(2,3)36-28(33)32-18-17-30(37(34,35)25-13-11-24(31)12-14-25)26-15-9-22(19-21-7-5-4-6-8-21)20-23(26)10-16-27(30)32/h4-9,11-15,20,27H,10,16-19H2,1-3H3/t27-,30-/m1/s1. The fraction of sp³-hybridized carbons (Fsp3) is 0.367. The maximum Gasteiger partial charge on any atom is 0.410 e. The molecule has 7 heteroatoms. The van der Waals surface area contributed by atoms with E-state index in [9.17, 15) is 17.6 Å².